The zero-order chi connectivity index (χ0) is 24.6. The lowest BCUT2D eigenvalue weighted by atomic mass is 9.84. The Balaban J connectivity index is 1.72. The number of rotatable bonds is 6. The third-order valence-corrected chi connectivity index (χ3v) is 6.48. The van der Waals surface area contributed by atoms with E-state index in [1.54, 1.807) is 0 Å². The minimum atomic E-state index is -1.66. The highest BCUT2D eigenvalue weighted by atomic mass is 16.7. The Morgan fingerprint density at radius 1 is 0.667 bits per heavy atom. The topological polar surface area (TPSA) is 283 Å². The molecule has 0 amide bonds. The van der Waals surface area contributed by atoms with Crippen LogP contribution in [0.4, 0.5) is 0 Å². The molecule has 0 aromatic carbocycles. The Labute approximate surface area is 189 Å². The van der Waals surface area contributed by atoms with Crippen LogP contribution in [0.2, 0.25) is 0 Å². The van der Waals surface area contributed by atoms with E-state index >= 15 is 0 Å². The van der Waals surface area contributed by atoms with Gasteiger partial charge in [0.25, 0.3) is 0 Å². The van der Waals surface area contributed by atoms with Crippen LogP contribution in [-0.4, -0.2) is 141 Å². The molecular formula is C18H36N4O11. The Morgan fingerprint density at radius 3 is 1.70 bits per heavy atom. The fourth-order valence-corrected chi connectivity index (χ4v) is 4.40. The highest BCUT2D eigenvalue weighted by molar-refractivity contribution is 5.01. The molecule has 9 unspecified atom stereocenters. The van der Waals surface area contributed by atoms with Crippen LogP contribution < -0.4 is 22.9 Å². The SMILES string of the molecule is NCC1O[C@H](OC2C(N)CC(N)[C@@H](OC3O[C@H](CO)C(O)C(N)[C@H]3O)[C@H]2O)C(O)C(O)[C@@H]1O. The number of aliphatic hydroxyl groups excluding tert-OH is 7. The quantitative estimate of drug-likeness (QED) is 0.167. The molecule has 0 bridgehead atoms. The Kier molecular flexibility index (Phi) is 8.99. The van der Waals surface area contributed by atoms with E-state index in [2.05, 4.69) is 0 Å². The van der Waals surface area contributed by atoms with Crippen molar-refractivity contribution in [2.24, 2.45) is 22.9 Å². The second-order valence-corrected chi connectivity index (χ2v) is 8.79. The second-order valence-electron chi connectivity index (χ2n) is 8.79. The van der Waals surface area contributed by atoms with Gasteiger partial charge < -0.3 is 77.6 Å². The summed E-state index contributed by atoms with van der Waals surface area (Å²) < 4.78 is 22.2. The largest absolute Gasteiger partial charge is 0.394 e. The van der Waals surface area contributed by atoms with Gasteiger partial charge in [-0.1, -0.05) is 0 Å². The van der Waals surface area contributed by atoms with Crippen molar-refractivity contribution in [3.05, 3.63) is 0 Å². The number of nitrogens with two attached hydrogens (primary N) is 4. The van der Waals surface area contributed by atoms with Crippen molar-refractivity contribution in [2.75, 3.05) is 13.2 Å². The first kappa shape index (κ1) is 27.0. The predicted molar refractivity (Wildman–Crippen MR) is 108 cm³/mol. The monoisotopic (exact) mass is 484 g/mol. The van der Waals surface area contributed by atoms with E-state index < -0.39 is 98.4 Å². The van der Waals surface area contributed by atoms with Gasteiger partial charge in [0.2, 0.25) is 0 Å². The fourth-order valence-electron chi connectivity index (χ4n) is 4.40. The van der Waals surface area contributed by atoms with E-state index in [0.29, 0.717) is 0 Å². The Bertz CT molecular complexity index is 584. The van der Waals surface area contributed by atoms with Gasteiger partial charge in [-0.3, -0.25) is 0 Å². The predicted octanol–water partition coefficient (Wildman–Crippen LogP) is -7.29. The molecule has 1 saturated carbocycles. The molecule has 15 N–H and O–H groups in total. The molecule has 194 valence electrons. The summed E-state index contributed by atoms with van der Waals surface area (Å²) in [5.74, 6) is 0. The lowest BCUT2D eigenvalue weighted by Crippen LogP contribution is -2.68. The average molecular weight is 485 g/mol. The van der Waals surface area contributed by atoms with Crippen LogP contribution in [-0.2, 0) is 18.9 Å². The Morgan fingerprint density at radius 2 is 1.18 bits per heavy atom. The maximum Gasteiger partial charge on any atom is 0.187 e. The normalized spacial score (nSPS) is 53.7. The van der Waals surface area contributed by atoms with Crippen LogP contribution in [0.3, 0.4) is 0 Å². The molecule has 15 atom stereocenters. The lowest BCUT2D eigenvalue weighted by Gasteiger charge is -2.48. The van der Waals surface area contributed by atoms with Crippen LogP contribution in [0, 0.1) is 0 Å². The van der Waals surface area contributed by atoms with Crippen LogP contribution in [0.1, 0.15) is 6.42 Å². The van der Waals surface area contributed by atoms with Gasteiger partial charge in [-0.25, -0.2) is 0 Å². The fraction of sp³-hybridized carbons (Fsp3) is 1.00. The molecule has 33 heavy (non-hydrogen) atoms. The maximum atomic E-state index is 10.9. The molecule has 2 aliphatic heterocycles. The van der Waals surface area contributed by atoms with Crippen LogP contribution >= 0.6 is 0 Å². The van der Waals surface area contributed by atoms with Gasteiger partial charge in [-0.15, -0.1) is 0 Å². The molecule has 15 heteroatoms. The molecule has 2 saturated heterocycles. The summed E-state index contributed by atoms with van der Waals surface area (Å²) in [7, 11) is 0. The van der Waals surface area contributed by atoms with E-state index in [0.717, 1.165) is 0 Å². The summed E-state index contributed by atoms with van der Waals surface area (Å²) in [5, 5.41) is 70.9. The summed E-state index contributed by atoms with van der Waals surface area (Å²) in [6.45, 7) is -0.763. The maximum absolute atomic E-state index is 10.9. The van der Waals surface area contributed by atoms with Crippen molar-refractivity contribution in [3.63, 3.8) is 0 Å². The molecule has 1 aliphatic carbocycles. The molecule has 0 aromatic rings. The molecule has 0 radical (unpaired) electrons. The van der Waals surface area contributed by atoms with Crippen molar-refractivity contribution in [1.82, 2.24) is 0 Å². The van der Waals surface area contributed by atoms with Crippen LogP contribution in [0.5, 0.6) is 0 Å². The average Bonchev–Trinajstić information content (AvgIpc) is 2.79. The number of aliphatic hydroxyl groups is 7. The summed E-state index contributed by atoms with van der Waals surface area (Å²) in [4.78, 5) is 0. The van der Waals surface area contributed by atoms with E-state index in [-0.39, 0.29) is 13.0 Å². The first-order chi connectivity index (χ1) is 15.5. The summed E-state index contributed by atoms with van der Waals surface area (Å²) >= 11 is 0. The first-order valence-electron chi connectivity index (χ1n) is 10.8. The van der Waals surface area contributed by atoms with Crippen LogP contribution in [0.15, 0.2) is 0 Å². The van der Waals surface area contributed by atoms with Crippen molar-refractivity contribution in [2.45, 2.75) is 98.2 Å². The molecule has 3 fully saturated rings. The van der Waals surface area contributed by atoms with E-state index in [1.807, 2.05) is 0 Å². The molecule has 15 nitrogen and oxygen atoms in total. The highest BCUT2D eigenvalue weighted by Gasteiger charge is 2.51. The number of hydrogen-bond donors (Lipinski definition) is 11. The number of ether oxygens (including phenoxy) is 4. The van der Waals surface area contributed by atoms with Crippen molar-refractivity contribution in [1.29, 1.82) is 0 Å². The van der Waals surface area contributed by atoms with Crippen molar-refractivity contribution >= 4 is 0 Å². The standard InChI is InChI=1S/C18H36N4O11/c19-2-6-10(25)12(27)13(28)18(30-6)33-16-5(21)1-4(20)15(14(16)29)32-17-11(26)8(22)9(24)7(3-23)31-17/h4-18,23-29H,1-3,19-22H2/t4?,5?,6?,7-,8?,9?,10-,11-,12?,13?,14-,15-,16?,17?,18-/m1/s1. The van der Waals surface area contributed by atoms with Gasteiger partial charge >= 0.3 is 0 Å². The van der Waals surface area contributed by atoms with Gasteiger partial charge in [0, 0.05) is 18.6 Å². The zero-order valence-corrected chi connectivity index (χ0v) is 17.9. The molecule has 2 heterocycles. The lowest BCUT2D eigenvalue weighted by molar-refractivity contribution is -0.332. The van der Waals surface area contributed by atoms with Gasteiger partial charge in [0.15, 0.2) is 12.6 Å². The van der Waals surface area contributed by atoms with Gasteiger partial charge in [0.05, 0.1) is 12.6 Å². The molecule has 3 aliphatic rings. The molecule has 3 rings (SSSR count). The van der Waals surface area contributed by atoms with Crippen molar-refractivity contribution < 1.29 is 54.7 Å². The first-order valence-corrected chi connectivity index (χ1v) is 10.8. The van der Waals surface area contributed by atoms with Crippen LogP contribution in [0.25, 0.3) is 0 Å². The molecule has 0 spiro atoms. The summed E-state index contributed by atoms with van der Waals surface area (Å²) in [6, 6.07) is -2.86. The summed E-state index contributed by atoms with van der Waals surface area (Å²) in [5.41, 5.74) is 23.5. The van der Waals surface area contributed by atoms with Gasteiger partial charge in [-0.05, 0) is 6.42 Å². The van der Waals surface area contributed by atoms with E-state index in [4.69, 9.17) is 41.9 Å². The number of hydrogen-bond acceptors (Lipinski definition) is 15. The molecule has 0 aromatic heterocycles. The third-order valence-electron chi connectivity index (χ3n) is 6.48. The van der Waals surface area contributed by atoms with E-state index in [9.17, 15) is 35.7 Å². The highest BCUT2D eigenvalue weighted by Crippen LogP contribution is 2.31. The van der Waals surface area contributed by atoms with Gasteiger partial charge in [0.1, 0.15) is 61.0 Å². The second kappa shape index (κ2) is 11.0. The van der Waals surface area contributed by atoms with Gasteiger partial charge in [-0.2, -0.15) is 0 Å². The molecular weight excluding hydrogens is 448 g/mol. The zero-order valence-electron chi connectivity index (χ0n) is 17.9. The Hall–Kier alpha value is -0.600. The third kappa shape index (κ3) is 5.32. The smallest absolute Gasteiger partial charge is 0.187 e. The minimum Gasteiger partial charge on any atom is -0.394 e. The van der Waals surface area contributed by atoms with Crippen molar-refractivity contribution in [3.8, 4) is 0 Å². The van der Waals surface area contributed by atoms with E-state index in [1.165, 1.54) is 0 Å². The minimum absolute atomic E-state index is 0.0849. The summed E-state index contributed by atoms with van der Waals surface area (Å²) in [6.07, 6.45) is -16.5.